The van der Waals surface area contributed by atoms with Crippen LogP contribution >= 0.6 is 0 Å². The Hall–Kier alpha value is -3.29. The molecule has 2 N–H and O–H groups in total. The van der Waals surface area contributed by atoms with Crippen molar-refractivity contribution in [3.8, 4) is 5.75 Å². The van der Waals surface area contributed by atoms with Gasteiger partial charge in [-0.15, -0.1) is 0 Å². The minimum atomic E-state index is -0.216. The molecule has 2 amide bonds. The van der Waals surface area contributed by atoms with Gasteiger partial charge in [0.15, 0.2) is 5.65 Å². The van der Waals surface area contributed by atoms with Crippen LogP contribution in [-0.4, -0.2) is 39.2 Å². The predicted molar refractivity (Wildman–Crippen MR) is 91.9 cm³/mol. The number of urea groups is 1. The number of aromatic nitrogens is 3. The quantitative estimate of drug-likeness (QED) is 0.742. The molecule has 0 unspecified atom stereocenters. The summed E-state index contributed by atoms with van der Waals surface area (Å²) < 4.78 is 6.53. The second kappa shape index (κ2) is 5.97. The Labute approximate surface area is 143 Å². The van der Waals surface area contributed by atoms with Gasteiger partial charge in [0.1, 0.15) is 5.75 Å². The zero-order valence-corrected chi connectivity index (χ0v) is 13.7. The topological polar surface area (TPSA) is 91.7 Å². The highest BCUT2D eigenvalue weighted by Gasteiger charge is 2.25. The number of rotatable bonds is 2. The Kier molecular flexibility index (Phi) is 3.64. The van der Waals surface area contributed by atoms with Crippen molar-refractivity contribution in [2.45, 2.75) is 13.0 Å². The Balaban J connectivity index is 1.54. The number of carbonyl (C=O) groups is 1. The fourth-order valence-corrected chi connectivity index (χ4v) is 2.98. The number of methoxy groups -OCH3 is 1. The van der Waals surface area contributed by atoms with Gasteiger partial charge >= 0.3 is 6.03 Å². The van der Waals surface area contributed by atoms with Crippen LogP contribution in [0.1, 0.15) is 11.3 Å². The highest BCUT2D eigenvalue weighted by molar-refractivity contribution is 5.89. The molecule has 0 fully saturated rings. The van der Waals surface area contributed by atoms with Crippen molar-refractivity contribution in [3.05, 3.63) is 58.1 Å². The van der Waals surface area contributed by atoms with Crippen LogP contribution in [0.3, 0.4) is 0 Å². The maximum absolute atomic E-state index is 12.5. The number of hydrogen-bond acceptors (Lipinski definition) is 4. The lowest BCUT2D eigenvalue weighted by Crippen LogP contribution is -2.41. The summed E-state index contributed by atoms with van der Waals surface area (Å²) in [6.45, 7) is 0.785. The Morgan fingerprint density at radius 3 is 2.84 bits per heavy atom. The molecular formula is C17H17N5O3. The van der Waals surface area contributed by atoms with E-state index in [0.29, 0.717) is 42.1 Å². The van der Waals surface area contributed by atoms with Crippen molar-refractivity contribution < 1.29 is 9.53 Å². The molecule has 0 bridgehead atoms. The molecule has 1 aromatic carbocycles. The molecule has 128 valence electrons. The Morgan fingerprint density at radius 2 is 2.08 bits per heavy atom. The van der Waals surface area contributed by atoms with E-state index in [-0.39, 0.29) is 11.6 Å². The van der Waals surface area contributed by atoms with Crippen molar-refractivity contribution in [1.29, 1.82) is 0 Å². The molecule has 0 saturated carbocycles. The second-order valence-electron chi connectivity index (χ2n) is 5.83. The number of nitrogens with one attached hydrogen (secondary N) is 2. The van der Waals surface area contributed by atoms with Crippen LogP contribution in [-0.2, 0) is 13.0 Å². The largest absolute Gasteiger partial charge is 0.497 e. The fraction of sp³-hybridized carbons (Fsp3) is 0.235. The number of nitrogens with zero attached hydrogens (tertiary/aromatic N) is 3. The van der Waals surface area contributed by atoms with Gasteiger partial charge in [0.05, 0.1) is 19.3 Å². The van der Waals surface area contributed by atoms with Crippen LogP contribution in [0.4, 0.5) is 10.5 Å². The van der Waals surface area contributed by atoms with Gasteiger partial charge in [-0.2, -0.15) is 0 Å². The summed E-state index contributed by atoms with van der Waals surface area (Å²) in [6.07, 6.45) is 2.16. The summed E-state index contributed by atoms with van der Waals surface area (Å²) in [5, 5.41) is 5.71. The molecule has 0 atom stereocenters. The lowest BCUT2D eigenvalue weighted by atomic mass is 10.1. The molecule has 0 aliphatic carbocycles. The summed E-state index contributed by atoms with van der Waals surface area (Å²) >= 11 is 0. The average Bonchev–Trinajstić information content (AvgIpc) is 3.11. The minimum Gasteiger partial charge on any atom is -0.497 e. The third-order valence-electron chi connectivity index (χ3n) is 4.33. The molecule has 3 heterocycles. The van der Waals surface area contributed by atoms with Crippen molar-refractivity contribution in [1.82, 2.24) is 19.5 Å². The third kappa shape index (κ3) is 2.71. The lowest BCUT2D eigenvalue weighted by molar-refractivity contribution is 0.205. The number of ether oxygens (including phenoxy) is 1. The van der Waals surface area contributed by atoms with Crippen molar-refractivity contribution in [2.24, 2.45) is 0 Å². The average molecular weight is 339 g/mol. The number of carbonyl (C=O) groups excluding carboxylic acids is 1. The first kappa shape index (κ1) is 15.3. The van der Waals surface area contributed by atoms with E-state index in [9.17, 15) is 9.59 Å². The highest BCUT2D eigenvalue weighted by atomic mass is 16.5. The van der Waals surface area contributed by atoms with E-state index in [1.54, 1.807) is 48.5 Å². The van der Waals surface area contributed by atoms with Crippen LogP contribution in [0.25, 0.3) is 5.65 Å². The van der Waals surface area contributed by atoms with E-state index in [2.05, 4.69) is 15.4 Å². The summed E-state index contributed by atoms with van der Waals surface area (Å²) in [6, 6.07) is 8.65. The minimum absolute atomic E-state index is 0.0970. The van der Waals surface area contributed by atoms with E-state index in [1.807, 2.05) is 0 Å². The van der Waals surface area contributed by atoms with E-state index in [1.165, 1.54) is 4.52 Å². The molecule has 8 nitrogen and oxygen atoms in total. The molecule has 1 aliphatic heterocycles. The van der Waals surface area contributed by atoms with Gasteiger partial charge in [0.25, 0.3) is 5.56 Å². The Bertz CT molecular complexity index is 990. The monoisotopic (exact) mass is 339 g/mol. The van der Waals surface area contributed by atoms with Gasteiger partial charge in [0, 0.05) is 30.1 Å². The molecule has 4 rings (SSSR count). The van der Waals surface area contributed by atoms with Crippen LogP contribution in [0.5, 0.6) is 5.75 Å². The molecule has 0 saturated heterocycles. The summed E-state index contributed by atoms with van der Waals surface area (Å²) in [5.74, 6) is 0.727. The first-order chi connectivity index (χ1) is 12.2. The first-order valence-corrected chi connectivity index (χ1v) is 7.93. The predicted octanol–water partition coefficient (Wildman–Crippen LogP) is 1.62. The number of benzene rings is 1. The van der Waals surface area contributed by atoms with Crippen LogP contribution in [0, 0.1) is 0 Å². The molecule has 1 aliphatic rings. The van der Waals surface area contributed by atoms with E-state index >= 15 is 0 Å². The number of fused-ring (bicyclic) bond motifs is 2. The zero-order chi connectivity index (χ0) is 17.4. The van der Waals surface area contributed by atoms with Crippen molar-refractivity contribution in [3.63, 3.8) is 0 Å². The number of aromatic amines is 1. The van der Waals surface area contributed by atoms with Gasteiger partial charge in [0.2, 0.25) is 0 Å². The Morgan fingerprint density at radius 1 is 1.28 bits per heavy atom. The number of H-pyrrole nitrogens is 1. The van der Waals surface area contributed by atoms with Gasteiger partial charge in [-0.1, -0.05) is 0 Å². The standard InChI is InChI=1S/C17H17N5O3/c1-25-12-4-2-11(3-5-12)19-17(24)21-9-7-13-14(10-21)20-15-6-8-18-22(15)16(13)23/h2-6,8,18H,7,9-10H2,1H3,(H,19,24). The van der Waals surface area contributed by atoms with Crippen LogP contribution in [0.2, 0.25) is 0 Å². The fourth-order valence-electron chi connectivity index (χ4n) is 2.98. The van der Waals surface area contributed by atoms with Gasteiger partial charge < -0.3 is 15.0 Å². The van der Waals surface area contributed by atoms with Gasteiger partial charge in [-0.3, -0.25) is 9.89 Å². The van der Waals surface area contributed by atoms with Crippen LogP contribution in [0.15, 0.2) is 41.3 Å². The summed E-state index contributed by atoms with van der Waals surface area (Å²) in [7, 11) is 1.59. The number of hydrogen-bond donors (Lipinski definition) is 2. The zero-order valence-electron chi connectivity index (χ0n) is 13.7. The number of amides is 2. The lowest BCUT2D eigenvalue weighted by Gasteiger charge is -2.27. The molecule has 0 spiro atoms. The van der Waals surface area contributed by atoms with Crippen LogP contribution < -0.4 is 15.6 Å². The van der Waals surface area contributed by atoms with E-state index in [4.69, 9.17) is 4.74 Å². The summed E-state index contributed by atoms with van der Waals surface area (Å²) in [5.41, 5.74) is 2.46. The second-order valence-corrected chi connectivity index (χ2v) is 5.83. The van der Waals surface area contributed by atoms with E-state index in [0.717, 1.165) is 5.75 Å². The van der Waals surface area contributed by atoms with Crippen molar-refractivity contribution >= 4 is 17.4 Å². The third-order valence-corrected chi connectivity index (χ3v) is 4.33. The SMILES string of the molecule is COc1ccc(NC(=O)N2CCc3c(nc4cc[nH]n4c3=O)C2)cc1. The maximum Gasteiger partial charge on any atom is 0.322 e. The molecule has 8 heteroatoms. The molecule has 25 heavy (non-hydrogen) atoms. The highest BCUT2D eigenvalue weighted by Crippen LogP contribution is 2.18. The van der Waals surface area contributed by atoms with E-state index < -0.39 is 0 Å². The molecule has 0 radical (unpaired) electrons. The number of anilines is 1. The smallest absolute Gasteiger partial charge is 0.322 e. The maximum atomic E-state index is 12.5. The molecule has 3 aromatic rings. The molecular weight excluding hydrogens is 322 g/mol. The van der Waals surface area contributed by atoms with Gasteiger partial charge in [-0.25, -0.2) is 14.3 Å². The normalized spacial score (nSPS) is 13.6. The molecule has 2 aromatic heterocycles. The van der Waals surface area contributed by atoms with Crippen molar-refractivity contribution in [2.75, 3.05) is 19.0 Å². The van der Waals surface area contributed by atoms with Gasteiger partial charge in [-0.05, 0) is 30.7 Å². The summed E-state index contributed by atoms with van der Waals surface area (Å²) in [4.78, 5) is 31.1. The first-order valence-electron chi connectivity index (χ1n) is 7.93.